The highest BCUT2D eigenvalue weighted by atomic mass is 16.8. The lowest BCUT2D eigenvalue weighted by molar-refractivity contribution is -0.403. The fraction of sp³-hybridized carbons (Fsp3) is 1.00. The van der Waals surface area contributed by atoms with Crippen LogP contribution in [0.1, 0.15) is 0 Å². The van der Waals surface area contributed by atoms with Crippen molar-refractivity contribution in [2.24, 2.45) is 5.11 Å². The zero-order chi connectivity index (χ0) is 39.0. The van der Waals surface area contributed by atoms with Gasteiger partial charge in [0.1, 0.15) is 97.7 Å². The standard InChI is InChI=1S/C28H49N3O22/c29-31-30-1-2-45-3-4-46-25-21(44)22(16(39)12(8-35)47-25)51-27-24(19(42)15(38)10(6-33)49-27)53-28-23(18(41)14(37)11(7-34)50-28)52-26-20(43)17(40)13(36)9(5-32)48-26/h9-28,32-44H,1-8H2/t9?,10?,11?,12?,13-,14-,15-,16-,17+,18+,19+,20-,21-,22+,23-,24-,25?,26?,27?,28?/m1/s1. The van der Waals surface area contributed by atoms with Gasteiger partial charge in [-0.15, -0.1) is 0 Å². The summed E-state index contributed by atoms with van der Waals surface area (Å²) < 4.78 is 50.1. The number of aliphatic hydroxyl groups excluding tert-OH is 13. The van der Waals surface area contributed by atoms with Gasteiger partial charge >= 0.3 is 0 Å². The molecule has 25 heteroatoms. The predicted octanol–water partition coefficient (Wildman–Crippen LogP) is -8.40. The molecule has 4 heterocycles. The Morgan fingerprint density at radius 2 is 0.887 bits per heavy atom. The van der Waals surface area contributed by atoms with E-state index in [1.54, 1.807) is 0 Å². The molecule has 0 saturated carbocycles. The topological polar surface area (TPSA) is 395 Å². The van der Waals surface area contributed by atoms with E-state index in [-0.39, 0.29) is 26.4 Å². The summed E-state index contributed by atoms with van der Waals surface area (Å²) in [6.45, 7) is -3.62. The Labute approximate surface area is 300 Å². The quantitative estimate of drug-likeness (QED) is 0.0282. The lowest BCUT2D eigenvalue weighted by atomic mass is 9.95. The van der Waals surface area contributed by atoms with Crippen LogP contribution in [0.25, 0.3) is 10.4 Å². The molecule has 13 N–H and O–H groups in total. The highest BCUT2D eigenvalue weighted by Crippen LogP contribution is 2.35. The Kier molecular flexibility index (Phi) is 17.1. The van der Waals surface area contributed by atoms with Crippen LogP contribution < -0.4 is 0 Å². The molecule has 0 spiro atoms. The van der Waals surface area contributed by atoms with E-state index in [2.05, 4.69) is 10.0 Å². The number of rotatable bonds is 17. The maximum atomic E-state index is 11.2. The molecular formula is C28H49N3O22. The molecule has 0 aromatic rings. The lowest BCUT2D eigenvalue weighted by Crippen LogP contribution is -2.68. The van der Waals surface area contributed by atoms with Crippen LogP contribution in [0.3, 0.4) is 0 Å². The Morgan fingerprint density at radius 3 is 1.40 bits per heavy atom. The van der Waals surface area contributed by atoms with E-state index in [1.165, 1.54) is 0 Å². The summed E-state index contributed by atoms with van der Waals surface area (Å²) in [5.74, 6) is 0. The molecule has 4 saturated heterocycles. The smallest absolute Gasteiger partial charge is 0.187 e. The third-order valence-electron chi connectivity index (χ3n) is 9.10. The summed E-state index contributed by atoms with van der Waals surface area (Å²) in [6, 6.07) is 0. The van der Waals surface area contributed by atoms with Gasteiger partial charge in [-0.1, -0.05) is 5.11 Å². The molecule has 20 atom stereocenters. The minimum Gasteiger partial charge on any atom is -0.394 e. The first-order valence-electron chi connectivity index (χ1n) is 16.7. The van der Waals surface area contributed by atoms with Crippen molar-refractivity contribution in [3.05, 3.63) is 10.4 Å². The van der Waals surface area contributed by atoms with Crippen LogP contribution in [0, 0.1) is 0 Å². The summed E-state index contributed by atoms with van der Waals surface area (Å²) in [5.41, 5.74) is 8.34. The molecule has 4 aliphatic heterocycles. The van der Waals surface area contributed by atoms with Crippen molar-refractivity contribution in [1.82, 2.24) is 0 Å². The summed E-state index contributed by atoms with van der Waals surface area (Å²) in [6.07, 6.45) is -36.3. The maximum Gasteiger partial charge on any atom is 0.187 e. The first kappa shape index (κ1) is 44.1. The zero-order valence-corrected chi connectivity index (χ0v) is 28.0. The van der Waals surface area contributed by atoms with E-state index in [0.29, 0.717) is 0 Å². The van der Waals surface area contributed by atoms with Crippen LogP contribution in [-0.2, 0) is 42.6 Å². The molecule has 0 aromatic heterocycles. The first-order valence-corrected chi connectivity index (χ1v) is 16.7. The van der Waals surface area contributed by atoms with Gasteiger partial charge in [-0.3, -0.25) is 0 Å². The molecule has 4 aliphatic rings. The van der Waals surface area contributed by atoms with E-state index in [9.17, 15) is 66.4 Å². The average molecular weight is 780 g/mol. The van der Waals surface area contributed by atoms with Crippen LogP contribution in [0.4, 0.5) is 0 Å². The molecule has 0 radical (unpaired) electrons. The highest BCUT2D eigenvalue weighted by molar-refractivity contribution is 4.98. The van der Waals surface area contributed by atoms with Crippen LogP contribution in [-0.4, -0.2) is 242 Å². The van der Waals surface area contributed by atoms with Gasteiger partial charge in [-0.2, -0.15) is 0 Å². The van der Waals surface area contributed by atoms with Gasteiger partial charge < -0.3 is 109 Å². The van der Waals surface area contributed by atoms with Crippen LogP contribution in [0.15, 0.2) is 5.11 Å². The summed E-state index contributed by atoms with van der Waals surface area (Å²) in [5, 5.41) is 139. The molecule has 53 heavy (non-hydrogen) atoms. The van der Waals surface area contributed by atoms with Crippen molar-refractivity contribution in [3.63, 3.8) is 0 Å². The number of nitrogens with zero attached hydrogens (tertiary/aromatic N) is 3. The van der Waals surface area contributed by atoms with Gasteiger partial charge in [0, 0.05) is 11.5 Å². The van der Waals surface area contributed by atoms with Crippen molar-refractivity contribution in [2.75, 3.05) is 52.8 Å². The Hall–Kier alpha value is -1.57. The normalized spacial score (nSPS) is 46.5. The maximum absolute atomic E-state index is 11.2. The summed E-state index contributed by atoms with van der Waals surface area (Å²) in [7, 11) is 0. The fourth-order valence-electron chi connectivity index (χ4n) is 6.09. The van der Waals surface area contributed by atoms with Crippen molar-refractivity contribution in [3.8, 4) is 0 Å². The monoisotopic (exact) mass is 779 g/mol. The molecule has 0 bridgehead atoms. The lowest BCUT2D eigenvalue weighted by Gasteiger charge is -2.49. The third kappa shape index (κ3) is 10.2. The van der Waals surface area contributed by atoms with Crippen molar-refractivity contribution in [1.29, 1.82) is 0 Å². The van der Waals surface area contributed by atoms with Gasteiger partial charge in [0.2, 0.25) is 0 Å². The van der Waals surface area contributed by atoms with E-state index < -0.39 is 149 Å². The Balaban J connectivity index is 1.57. The average Bonchev–Trinajstić information content (AvgIpc) is 3.15. The van der Waals surface area contributed by atoms with E-state index in [4.69, 9.17) is 48.2 Å². The minimum absolute atomic E-state index is 0.0421. The summed E-state index contributed by atoms with van der Waals surface area (Å²) >= 11 is 0. The van der Waals surface area contributed by atoms with Gasteiger partial charge in [0.15, 0.2) is 25.2 Å². The van der Waals surface area contributed by atoms with Gasteiger partial charge in [-0.05, 0) is 5.53 Å². The zero-order valence-electron chi connectivity index (χ0n) is 28.0. The molecule has 308 valence electrons. The molecule has 0 amide bonds. The molecule has 4 rings (SSSR count). The fourth-order valence-corrected chi connectivity index (χ4v) is 6.09. The Morgan fingerprint density at radius 1 is 0.453 bits per heavy atom. The van der Waals surface area contributed by atoms with Gasteiger partial charge in [0.25, 0.3) is 0 Å². The van der Waals surface area contributed by atoms with Crippen LogP contribution in [0.2, 0.25) is 0 Å². The van der Waals surface area contributed by atoms with Crippen molar-refractivity contribution < 1.29 is 109 Å². The van der Waals surface area contributed by atoms with Crippen molar-refractivity contribution in [2.45, 2.75) is 123 Å². The highest BCUT2D eigenvalue weighted by Gasteiger charge is 2.56. The number of ether oxygens (including phenoxy) is 9. The van der Waals surface area contributed by atoms with Crippen LogP contribution in [0.5, 0.6) is 0 Å². The second-order valence-electron chi connectivity index (χ2n) is 12.6. The molecular weight excluding hydrogens is 730 g/mol. The second-order valence-corrected chi connectivity index (χ2v) is 12.6. The minimum atomic E-state index is -2.05. The molecule has 0 aliphatic carbocycles. The number of hydrogen-bond acceptors (Lipinski definition) is 23. The van der Waals surface area contributed by atoms with E-state index in [0.717, 1.165) is 0 Å². The predicted molar refractivity (Wildman–Crippen MR) is 162 cm³/mol. The molecule has 8 unspecified atom stereocenters. The molecule has 25 nitrogen and oxygen atoms in total. The number of azide groups is 1. The molecule has 4 fully saturated rings. The van der Waals surface area contributed by atoms with Gasteiger partial charge in [-0.25, -0.2) is 0 Å². The Bertz CT molecular complexity index is 1140. The van der Waals surface area contributed by atoms with E-state index in [1.807, 2.05) is 0 Å². The third-order valence-corrected chi connectivity index (χ3v) is 9.10. The number of hydrogen-bond donors (Lipinski definition) is 13. The number of aliphatic hydroxyl groups is 13. The van der Waals surface area contributed by atoms with Crippen molar-refractivity contribution >= 4 is 0 Å². The first-order chi connectivity index (χ1) is 25.3. The van der Waals surface area contributed by atoms with Crippen LogP contribution >= 0.6 is 0 Å². The molecule has 0 aromatic carbocycles. The largest absolute Gasteiger partial charge is 0.394 e. The summed E-state index contributed by atoms with van der Waals surface area (Å²) in [4.78, 5) is 2.58. The van der Waals surface area contributed by atoms with E-state index >= 15 is 0 Å². The second kappa shape index (κ2) is 20.6. The van der Waals surface area contributed by atoms with Gasteiger partial charge in [0.05, 0.1) is 46.2 Å². The SMILES string of the molecule is [N-]=[N+]=NCCOCCOC1OC(CO)[C@@H](O)[C@H](OC2OC(CO)[C@@H](O)[C@H](O)[C@H]2OC2OC(CO)[C@@H](O)[C@H](O)[C@H]2OC2OC(CO)[C@@H](O)[C@H](O)[C@H]2O)[C@H]1O.